The van der Waals surface area contributed by atoms with Crippen LogP contribution in [0.2, 0.25) is 0 Å². The lowest BCUT2D eigenvalue weighted by molar-refractivity contribution is 0.412. The Labute approximate surface area is 152 Å². The van der Waals surface area contributed by atoms with E-state index in [0.29, 0.717) is 11.6 Å². The SMILES string of the molecule is COc1ccc(Oc2cc(CNS(=O)(=O)c3ccccc3)ccn2)cc1. The topological polar surface area (TPSA) is 77.5 Å². The van der Waals surface area contributed by atoms with Crippen LogP contribution >= 0.6 is 0 Å². The minimum absolute atomic E-state index is 0.138. The Kier molecular flexibility index (Phi) is 5.50. The van der Waals surface area contributed by atoms with E-state index in [4.69, 9.17) is 9.47 Å². The van der Waals surface area contributed by atoms with Crippen LogP contribution in [0.3, 0.4) is 0 Å². The first-order chi connectivity index (χ1) is 12.6. The van der Waals surface area contributed by atoms with Crippen LogP contribution in [-0.2, 0) is 16.6 Å². The molecule has 0 fully saturated rings. The van der Waals surface area contributed by atoms with Crippen molar-refractivity contribution in [1.29, 1.82) is 0 Å². The molecule has 3 aromatic rings. The molecule has 0 aliphatic rings. The quantitative estimate of drug-likeness (QED) is 0.690. The van der Waals surface area contributed by atoms with Crippen LogP contribution in [0.25, 0.3) is 0 Å². The molecule has 26 heavy (non-hydrogen) atoms. The van der Waals surface area contributed by atoms with Crippen LogP contribution in [-0.4, -0.2) is 20.5 Å². The average molecular weight is 370 g/mol. The first kappa shape index (κ1) is 17.9. The molecule has 2 aromatic carbocycles. The smallest absolute Gasteiger partial charge is 0.240 e. The number of aromatic nitrogens is 1. The number of hydrogen-bond donors (Lipinski definition) is 1. The highest BCUT2D eigenvalue weighted by atomic mass is 32.2. The number of nitrogens with zero attached hydrogens (tertiary/aromatic N) is 1. The predicted octanol–water partition coefficient (Wildman–Crippen LogP) is 3.36. The molecule has 1 N–H and O–H groups in total. The summed E-state index contributed by atoms with van der Waals surface area (Å²) >= 11 is 0. The van der Waals surface area contributed by atoms with Gasteiger partial charge in [0, 0.05) is 18.8 Å². The zero-order valence-electron chi connectivity index (χ0n) is 14.1. The normalized spacial score (nSPS) is 11.1. The summed E-state index contributed by atoms with van der Waals surface area (Å²) in [5.74, 6) is 1.72. The fourth-order valence-electron chi connectivity index (χ4n) is 2.24. The molecule has 0 saturated heterocycles. The summed E-state index contributed by atoms with van der Waals surface area (Å²) in [5, 5.41) is 0. The summed E-state index contributed by atoms with van der Waals surface area (Å²) in [6, 6.07) is 18.8. The van der Waals surface area contributed by atoms with Crippen LogP contribution in [0.1, 0.15) is 5.56 Å². The third-order valence-corrected chi connectivity index (χ3v) is 5.02. The molecule has 0 aliphatic heterocycles. The largest absolute Gasteiger partial charge is 0.497 e. The molecular weight excluding hydrogens is 352 g/mol. The Bertz CT molecular complexity index is 958. The van der Waals surface area contributed by atoms with Crippen LogP contribution < -0.4 is 14.2 Å². The van der Waals surface area contributed by atoms with E-state index in [0.717, 1.165) is 11.3 Å². The van der Waals surface area contributed by atoms with Crippen molar-refractivity contribution in [3.05, 3.63) is 78.5 Å². The molecule has 1 heterocycles. The highest BCUT2D eigenvalue weighted by Crippen LogP contribution is 2.23. The summed E-state index contributed by atoms with van der Waals surface area (Å²) in [4.78, 5) is 4.37. The van der Waals surface area contributed by atoms with Gasteiger partial charge < -0.3 is 9.47 Å². The van der Waals surface area contributed by atoms with Gasteiger partial charge in [0.05, 0.1) is 12.0 Å². The fraction of sp³-hybridized carbons (Fsp3) is 0.105. The standard InChI is InChI=1S/C19H18N2O4S/c1-24-16-7-9-17(10-8-16)25-19-13-15(11-12-20-19)14-21-26(22,23)18-5-3-2-4-6-18/h2-13,21H,14H2,1H3. The van der Waals surface area contributed by atoms with Gasteiger partial charge in [0.15, 0.2) is 0 Å². The van der Waals surface area contributed by atoms with Gasteiger partial charge in [-0.2, -0.15) is 0 Å². The molecule has 0 aliphatic carbocycles. The molecule has 0 radical (unpaired) electrons. The van der Waals surface area contributed by atoms with Crippen molar-refractivity contribution in [1.82, 2.24) is 9.71 Å². The predicted molar refractivity (Wildman–Crippen MR) is 97.8 cm³/mol. The summed E-state index contributed by atoms with van der Waals surface area (Å²) in [6.45, 7) is 0.138. The second-order valence-electron chi connectivity index (χ2n) is 5.42. The monoisotopic (exact) mass is 370 g/mol. The summed E-state index contributed by atoms with van der Waals surface area (Å²) in [7, 11) is -1.97. The molecule has 1 aromatic heterocycles. The number of methoxy groups -OCH3 is 1. The average Bonchev–Trinajstić information content (AvgIpc) is 2.68. The van der Waals surface area contributed by atoms with Gasteiger partial charge in [-0.25, -0.2) is 18.1 Å². The van der Waals surface area contributed by atoms with E-state index in [9.17, 15) is 8.42 Å². The summed E-state index contributed by atoms with van der Waals surface area (Å²) in [6.07, 6.45) is 1.57. The van der Waals surface area contributed by atoms with Gasteiger partial charge in [0.2, 0.25) is 15.9 Å². The van der Waals surface area contributed by atoms with Crippen molar-refractivity contribution in [3.8, 4) is 17.4 Å². The van der Waals surface area contributed by atoms with Crippen molar-refractivity contribution >= 4 is 10.0 Å². The van der Waals surface area contributed by atoms with Gasteiger partial charge in [-0.15, -0.1) is 0 Å². The Morgan fingerprint density at radius 2 is 1.65 bits per heavy atom. The van der Waals surface area contributed by atoms with Gasteiger partial charge in [-0.05, 0) is 48.0 Å². The molecule has 134 valence electrons. The Balaban J connectivity index is 1.67. The lowest BCUT2D eigenvalue weighted by Crippen LogP contribution is -2.23. The van der Waals surface area contributed by atoms with Crippen molar-refractivity contribution in [2.24, 2.45) is 0 Å². The second-order valence-corrected chi connectivity index (χ2v) is 7.18. The van der Waals surface area contributed by atoms with Crippen LogP contribution in [0.5, 0.6) is 17.4 Å². The van der Waals surface area contributed by atoms with E-state index in [1.54, 1.807) is 80.0 Å². The van der Waals surface area contributed by atoms with Crippen molar-refractivity contribution < 1.29 is 17.9 Å². The zero-order chi connectivity index (χ0) is 18.4. The first-order valence-corrected chi connectivity index (χ1v) is 9.37. The maximum Gasteiger partial charge on any atom is 0.240 e. The molecule has 7 heteroatoms. The van der Waals surface area contributed by atoms with E-state index < -0.39 is 10.0 Å². The molecule has 0 saturated carbocycles. The maximum atomic E-state index is 12.3. The Morgan fingerprint density at radius 3 is 2.35 bits per heavy atom. The van der Waals surface area contributed by atoms with Crippen molar-refractivity contribution in [2.75, 3.05) is 7.11 Å². The number of ether oxygens (including phenoxy) is 2. The molecule has 0 spiro atoms. The van der Waals surface area contributed by atoms with Crippen molar-refractivity contribution in [3.63, 3.8) is 0 Å². The molecular formula is C19H18N2O4S. The Hall–Kier alpha value is -2.90. The van der Waals surface area contributed by atoms with Gasteiger partial charge in [0.25, 0.3) is 0 Å². The highest BCUT2D eigenvalue weighted by Gasteiger charge is 2.13. The summed E-state index contributed by atoms with van der Waals surface area (Å²) < 4.78 is 37.9. The minimum Gasteiger partial charge on any atom is -0.497 e. The lowest BCUT2D eigenvalue weighted by atomic mass is 10.3. The fourth-order valence-corrected chi connectivity index (χ4v) is 3.28. The van der Waals surface area contributed by atoms with Gasteiger partial charge in [-0.3, -0.25) is 0 Å². The van der Waals surface area contributed by atoms with E-state index in [1.165, 1.54) is 0 Å². The molecule has 0 atom stereocenters. The van der Waals surface area contributed by atoms with E-state index >= 15 is 0 Å². The van der Waals surface area contributed by atoms with Crippen LogP contribution in [0, 0.1) is 0 Å². The van der Waals surface area contributed by atoms with E-state index in [1.807, 2.05) is 0 Å². The number of rotatable bonds is 7. The highest BCUT2D eigenvalue weighted by molar-refractivity contribution is 7.89. The zero-order valence-corrected chi connectivity index (χ0v) is 14.9. The molecule has 0 bridgehead atoms. The number of pyridine rings is 1. The second kappa shape index (κ2) is 7.99. The molecule has 0 unspecified atom stereocenters. The molecule has 6 nitrogen and oxygen atoms in total. The number of nitrogens with one attached hydrogen (secondary N) is 1. The third-order valence-electron chi connectivity index (χ3n) is 3.60. The lowest BCUT2D eigenvalue weighted by Gasteiger charge is -2.09. The third kappa shape index (κ3) is 4.59. The van der Waals surface area contributed by atoms with Gasteiger partial charge in [0.1, 0.15) is 11.5 Å². The minimum atomic E-state index is -3.56. The van der Waals surface area contributed by atoms with Crippen molar-refractivity contribution in [2.45, 2.75) is 11.4 Å². The van der Waals surface area contributed by atoms with Gasteiger partial charge >= 0.3 is 0 Å². The first-order valence-electron chi connectivity index (χ1n) is 7.88. The van der Waals surface area contributed by atoms with E-state index in [2.05, 4.69) is 9.71 Å². The van der Waals surface area contributed by atoms with Crippen LogP contribution in [0.4, 0.5) is 0 Å². The van der Waals surface area contributed by atoms with Gasteiger partial charge in [-0.1, -0.05) is 18.2 Å². The van der Waals surface area contributed by atoms with Crippen LogP contribution in [0.15, 0.2) is 77.8 Å². The molecule has 3 rings (SSSR count). The maximum absolute atomic E-state index is 12.3. The number of benzene rings is 2. The van der Waals surface area contributed by atoms with E-state index in [-0.39, 0.29) is 11.4 Å². The molecule has 0 amide bonds. The number of hydrogen-bond acceptors (Lipinski definition) is 5. The number of sulfonamides is 1. The Morgan fingerprint density at radius 1 is 0.962 bits per heavy atom. The summed E-state index contributed by atoms with van der Waals surface area (Å²) in [5.41, 5.74) is 0.739.